The van der Waals surface area contributed by atoms with E-state index in [-0.39, 0.29) is 0 Å². The maximum absolute atomic E-state index is 2.38. The summed E-state index contributed by atoms with van der Waals surface area (Å²) in [5.74, 6) is 0. The molecule has 0 spiro atoms. The van der Waals surface area contributed by atoms with Crippen molar-refractivity contribution >= 4 is 10.8 Å². The second kappa shape index (κ2) is 16.5. The van der Waals surface area contributed by atoms with Crippen molar-refractivity contribution in [3.63, 3.8) is 0 Å². The van der Waals surface area contributed by atoms with Crippen LogP contribution in [-0.4, -0.2) is 0 Å². The zero-order valence-electron chi connectivity index (χ0n) is 19.3. The third-order valence-electron chi connectivity index (χ3n) is 6.38. The normalized spacial score (nSPS) is 11.3. The van der Waals surface area contributed by atoms with E-state index >= 15 is 0 Å². The van der Waals surface area contributed by atoms with E-state index in [1.165, 1.54) is 132 Å². The molecule has 0 fully saturated rings. The number of hydrogen-bond acceptors (Lipinski definition) is 0. The van der Waals surface area contributed by atoms with Crippen molar-refractivity contribution in [2.24, 2.45) is 0 Å². The van der Waals surface area contributed by atoms with Crippen LogP contribution in [0.1, 0.15) is 122 Å². The maximum Gasteiger partial charge on any atom is -0.0181 e. The van der Waals surface area contributed by atoms with E-state index < -0.39 is 0 Å². The highest BCUT2D eigenvalue weighted by molar-refractivity contribution is 5.82. The Labute approximate surface area is 181 Å². The monoisotopic (exact) mass is 394 g/mol. The first-order valence-electron chi connectivity index (χ1n) is 12.9. The van der Waals surface area contributed by atoms with Gasteiger partial charge < -0.3 is 0 Å². The van der Waals surface area contributed by atoms with Crippen LogP contribution in [0.15, 0.2) is 42.5 Å². The number of fused-ring (bicyclic) bond motifs is 1. The maximum atomic E-state index is 2.38. The van der Waals surface area contributed by atoms with Crippen LogP contribution >= 0.6 is 0 Å². The number of unbranched alkanes of at least 4 members (excludes halogenated alkanes) is 16. The quantitative estimate of drug-likeness (QED) is 0.221. The number of aryl methyl sites for hydroxylation is 1. The summed E-state index contributed by atoms with van der Waals surface area (Å²) in [5, 5.41) is 2.75. The van der Waals surface area contributed by atoms with Gasteiger partial charge in [-0.05, 0) is 29.2 Å². The minimum atomic E-state index is 1.24. The Morgan fingerprint density at radius 3 is 1.41 bits per heavy atom. The summed E-state index contributed by atoms with van der Waals surface area (Å²) in [6.45, 7) is 2.30. The first kappa shape index (κ1) is 24.0. The molecule has 0 aliphatic heterocycles. The first-order valence-corrected chi connectivity index (χ1v) is 12.9. The van der Waals surface area contributed by atoms with Gasteiger partial charge in [0, 0.05) is 0 Å². The molecule has 0 nitrogen and oxygen atoms in total. The molecule has 0 atom stereocenters. The molecule has 0 N–H and O–H groups in total. The van der Waals surface area contributed by atoms with Gasteiger partial charge in [0.15, 0.2) is 0 Å². The van der Waals surface area contributed by atoms with Crippen molar-refractivity contribution in [1.82, 2.24) is 0 Å². The van der Waals surface area contributed by atoms with E-state index in [2.05, 4.69) is 49.4 Å². The standard InChI is InChI=1S/C29H46/c1-2-3-4-5-6-7-8-9-10-11-12-13-14-15-16-17-18-21-27-24-25-28-22-19-20-23-29(28)26-27/h19-20,22-26H,2-18,21H2,1H3. The van der Waals surface area contributed by atoms with Gasteiger partial charge in [0.25, 0.3) is 0 Å². The molecular weight excluding hydrogens is 348 g/mol. The topological polar surface area (TPSA) is 0 Å². The lowest BCUT2D eigenvalue weighted by molar-refractivity contribution is 0.527. The SMILES string of the molecule is CCCCCCCCCCCCCCCCCCCc1ccc2ccccc2c1. The van der Waals surface area contributed by atoms with Crippen LogP contribution in [0.2, 0.25) is 0 Å². The molecular formula is C29H46. The highest BCUT2D eigenvalue weighted by atomic mass is 14.0. The fourth-order valence-electron chi connectivity index (χ4n) is 4.45. The number of benzene rings is 2. The van der Waals surface area contributed by atoms with Crippen molar-refractivity contribution in [2.45, 2.75) is 122 Å². The molecule has 29 heavy (non-hydrogen) atoms. The van der Waals surface area contributed by atoms with Crippen LogP contribution in [0.3, 0.4) is 0 Å². The summed E-state index contributed by atoms with van der Waals surface area (Å²) in [6.07, 6.45) is 25.8. The van der Waals surface area contributed by atoms with Gasteiger partial charge in [-0.15, -0.1) is 0 Å². The fraction of sp³-hybridized carbons (Fsp3) is 0.655. The molecule has 162 valence electrons. The van der Waals surface area contributed by atoms with E-state index in [4.69, 9.17) is 0 Å². The van der Waals surface area contributed by atoms with Crippen molar-refractivity contribution in [3.05, 3.63) is 48.0 Å². The largest absolute Gasteiger partial charge is 0.0654 e. The average Bonchev–Trinajstić information content (AvgIpc) is 2.76. The summed E-state index contributed by atoms with van der Waals surface area (Å²) in [6, 6.07) is 15.7. The Balaban J connectivity index is 1.33. The Morgan fingerprint density at radius 1 is 0.448 bits per heavy atom. The van der Waals surface area contributed by atoms with Crippen LogP contribution < -0.4 is 0 Å². The van der Waals surface area contributed by atoms with E-state index in [1.54, 1.807) is 0 Å². The third kappa shape index (κ3) is 11.5. The number of rotatable bonds is 18. The summed E-state index contributed by atoms with van der Waals surface area (Å²) in [7, 11) is 0. The lowest BCUT2D eigenvalue weighted by Crippen LogP contribution is -1.87. The number of hydrogen-bond donors (Lipinski definition) is 0. The Bertz CT molecular complexity index is 627. The predicted molar refractivity (Wildman–Crippen MR) is 132 cm³/mol. The van der Waals surface area contributed by atoms with Crippen molar-refractivity contribution in [1.29, 1.82) is 0 Å². The predicted octanol–water partition coefficient (Wildman–Crippen LogP) is 10.0. The van der Waals surface area contributed by atoms with Gasteiger partial charge in [-0.2, -0.15) is 0 Å². The zero-order chi connectivity index (χ0) is 20.4. The molecule has 0 bridgehead atoms. The van der Waals surface area contributed by atoms with E-state index in [1.807, 2.05) is 0 Å². The van der Waals surface area contributed by atoms with E-state index in [0.29, 0.717) is 0 Å². The lowest BCUT2D eigenvalue weighted by atomic mass is 10.0. The van der Waals surface area contributed by atoms with Crippen LogP contribution in [0.5, 0.6) is 0 Å². The van der Waals surface area contributed by atoms with Gasteiger partial charge in [0.2, 0.25) is 0 Å². The zero-order valence-corrected chi connectivity index (χ0v) is 19.3. The first-order chi connectivity index (χ1) is 14.4. The molecule has 0 saturated carbocycles. The van der Waals surface area contributed by atoms with Crippen molar-refractivity contribution < 1.29 is 0 Å². The molecule has 0 aliphatic carbocycles. The molecule has 2 aromatic rings. The van der Waals surface area contributed by atoms with Gasteiger partial charge in [-0.1, -0.05) is 152 Å². The van der Waals surface area contributed by atoms with Gasteiger partial charge >= 0.3 is 0 Å². The Kier molecular flexibility index (Phi) is 13.6. The average molecular weight is 395 g/mol. The summed E-state index contributed by atoms with van der Waals surface area (Å²) in [4.78, 5) is 0. The van der Waals surface area contributed by atoms with Crippen molar-refractivity contribution in [3.8, 4) is 0 Å². The van der Waals surface area contributed by atoms with Gasteiger partial charge in [-0.3, -0.25) is 0 Å². The van der Waals surface area contributed by atoms with E-state index in [0.717, 1.165) is 0 Å². The van der Waals surface area contributed by atoms with Crippen LogP contribution in [0.25, 0.3) is 10.8 Å². The van der Waals surface area contributed by atoms with Crippen LogP contribution in [0, 0.1) is 0 Å². The summed E-state index contributed by atoms with van der Waals surface area (Å²) in [5.41, 5.74) is 1.50. The molecule has 0 heterocycles. The molecule has 0 aliphatic rings. The Hall–Kier alpha value is -1.30. The molecule has 0 amide bonds. The molecule has 0 saturated heterocycles. The second-order valence-corrected chi connectivity index (χ2v) is 9.09. The van der Waals surface area contributed by atoms with Gasteiger partial charge in [0.05, 0.1) is 0 Å². The minimum Gasteiger partial charge on any atom is -0.0654 e. The molecule has 2 aromatic carbocycles. The molecule has 0 heteroatoms. The summed E-state index contributed by atoms with van der Waals surface area (Å²) < 4.78 is 0. The fourth-order valence-corrected chi connectivity index (χ4v) is 4.45. The van der Waals surface area contributed by atoms with Crippen molar-refractivity contribution in [2.75, 3.05) is 0 Å². The highest BCUT2D eigenvalue weighted by Gasteiger charge is 1.98. The molecule has 0 unspecified atom stereocenters. The van der Waals surface area contributed by atoms with E-state index in [9.17, 15) is 0 Å². The minimum absolute atomic E-state index is 1.24. The lowest BCUT2D eigenvalue weighted by Gasteiger charge is -2.05. The third-order valence-corrected chi connectivity index (χ3v) is 6.38. The highest BCUT2D eigenvalue weighted by Crippen LogP contribution is 2.18. The van der Waals surface area contributed by atoms with Crippen LogP contribution in [0.4, 0.5) is 0 Å². The summed E-state index contributed by atoms with van der Waals surface area (Å²) >= 11 is 0. The molecule has 0 aromatic heterocycles. The smallest absolute Gasteiger partial charge is 0.0181 e. The van der Waals surface area contributed by atoms with Gasteiger partial charge in [-0.25, -0.2) is 0 Å². The molecule has 0 radical (unpaired) electrons. The second-order valence-electron chi connectivity index (χ2n) is 9.09. The van der Waals surface area contributed by atoms with Gasteiger partial charge in [0.1, 0.15) is 0 Å². The Morgan fingerprint density at radius 2 is 0.897 bits per heavy atom. The van der Waals surface area contributed by atoms with Crippen LogP contribution in [-0.2, 0) is 6.42 Å². The molecule has 2 rings (SSSR count).